The molecule has 2 aliphatic rings. The van der Waals surface area contributed by atoms with E-state index < -0.39 is 11.6 Å². The molecule has 1 unspecified atom stereocenters. The first-order valence-electron chi connectivity index (χ1n) is 9.60. The van der Waals surface area contributed by atoms with E-state index in [4.69, 9.17) is 4.74 Å². The number of ether oxygens (including phenoxy) is 1. The zero-order valence-corrected chi connectivity index (χ0v) is 15.4. The minimum Gasteiger partial charge on any atom is -0.368 e. The molecule has 27 heavy (non-hydrogen) atoms. The Balaban J connectivity index is 1.46. The molecule has 1 aliphatic carbocycles. The van der Waals surface area contributed by atoms with E-state index >= 15 is 0 Å². The first-order valence-corrected chi connectivity index (χ1v) is 9.60. The van der Waals surface area contributed by atoms with Crippen LogP contribution in [0.4, 0.5) is 13.2 Å². The lowest BCUT2D eigenvalue weighted by molar-refractivity contribution is 0.375. The molecule has 4 heteroatoms. The zero-order valence-electron chi connectivity index (χ0n) is 15.4. The highest BCUT2D eigenvalue weighted by Crippen LogP contribution is 2.43. The van der Waals surface area contributed by atoms with Gasteiger partial charge in [-0.3, -0.25) is 0 Å². The minimum absolute atomic E-state index is 0.0112. The fraction of sp³-hybridized carbons (Fsp3) is 0.391. The van der Waals surface area contributed by atoms with Crippen molar-refractivity contribution in [2.75, 3.05) is 6.61 Å². The Morgan fingerprint density at radius 2 is 1.52 bits per heavy atom. The molecule has 0 amide bonds. The molecule has 1 nitrogen and oxygen atoms in total. The molecule has 142 valence electrons. The van der Waals surface area contributed by atoms with Gasteiger partial charge in [-0.1, -0.05) is 36.4 Å². The summed E-state index contributed by atoms with van der Waals surface area (Å²) in [6.45, 7) is 2.32. The van der Waals surface area contributed by atoms with Crippen LogP contribution in [-0.4, -0.2) is 6.61 Å². The van der Waals surface area contributed by atoms with Gasteiger partial charge in [0, 0.05) is 11.1 Å². The first kappa shape index (κ1) is 18.3. The van der Waals surface area contributed by atoms with Gasteiger partial charge in [-0.2, -0.15) is 0 Å². The topological polar surface area (TPSA) is 12.5 Å². The fourth-order valence-electron chi connectivity index (χ4n) is 4.22. The van der Waals surface area contributed by atoms with Crippen LogP contribution in [0.1, 0.15) is 72.8 Å². The summed E-state index contributed by atoms with van der Waals surface area (Å²) in [4.78, 5) is 0. The van der Waals surface area contributed by atoms with Crippen molar-refractivity contribution in [1.29, 1.82) is 0 Å². The molecule has 0 aromatic heterocycles. The Kier molecular flexibility index (Phi) is 5.09. The molecule has 0 radical (unpaired) electrons. The lowest BCUT2D eigenvalue weighted by atomic mass is 9.76. The van der Waals surface area contributed by atoms with Crippen molar-refractivity contribution in [2.24, 2.45) is 0 Å². The number of benzene rings is 2. The highest BCUT2D eigenvalue weighted by Gasteiger charge is 2.32. The zero-order chi connectivity index (χ0) is 19.0. The van der Waals surface area contributed by atoms with E-state index in [-0.39, 0.29) is 23.8 Å². The van der Waals surface area contributed by atoms with E-state index in [9.17, 15) is 13.2 Å². The summed E-state index contributed by atoms with van der Waals surface area (Å²) in [6.07, 6.45) is 6.53. The van der Waals surface area contributed by atoms with Crippen molar-refractivity contribution < 1.29 is 17.9 Å². The molecule has 0 spiro atoms. The normalized spacial score (nSPS) is 25.1. The molecule has 4 rings (SSSR count). The molecule has 0 bridgehead atoms. The molecule has 1 saturated carbocycles. The third kappa shape index (κ3) is 3.68. The van der Waals surface area contributed by atoms with E-state index in [1.165, 1.54) is 0 Å². The number of allylic oxidation sites excluding steroid dienone is 1. The third-order valence-corrected chi connectivity index (χ3v) is 5.83. The Morgan fingerprint density at radius 1 is 0.889 bits per heavy atom. The molecule has 0 N–H and O–H groups in total. The van der Waals surface area contributed by atoms with Crippen LogP contribution >= 0.6 is 0 Å². The summed E-state index contributed by atoms with van der Waals surface area (Å²) >= 11 is 0. The van der Waals surface area contributed by atoms with Crippen molar-refractivity contribution in [3.05, 3.63) is 76.1 Å². The number of hydrogen-bond donors (Lipinski definition) is 0. The number of epoxide rings is 1. The molecule has 1 heterocycles. The van der Waals surface area contributed by atoms with Gasteiger partial charge in [0.05, 0.1) is 6.61 Å². The second kappa shape index (κ2) is 7.51. The smallest absolute Gasteiger partial charge is 0.165 e. The van der Waals surface area contributed by atoms with Crippen LogP contribution in [0.3, 0.4) is 0 Å². The van der Waals surface area contributed by atoms with Crippen LogP contribution in [0.25, 0.3) is 6.08 Å². The minimum atomic E-state index is -0.765. The van der Waals surface area contributed by atoms with E-state index in [2.05, 4.69) is 0 Å². The maximum Gasteiger partial charge on any atom is 0.165 e. The van der Waals surface area contributed by atoms with E-state index in [0.29, 0.717) is 23.3 Å². The van der Waals surface area contributed by atoms with Gasteiger partial charge in [0.25, 0.3) is 0 Å². The van der Waals surface area contributed by atoms with Crippen molar-refractivity contribution >= 4 is 6.08 Å². The Labute approximate surface area is 157 Å². The molecule has 1 aliphatic heterocycles. The van der Waals surface area contributed by atoms with Gasteiger partial charge >= 0.3 is 0 Å². The van der Waals surface area contributed by atoms with Gasteiger partial charge in [-0.05, 0) is 61.6 Å². The molecular formula is C23H23F3O. The van der Waals surface area contributed by atoms with Gasteiger partial charge in [-0.15, -0.1) is 0 Å². The summed E-state index contributed by atoms with van der Waals surface area (Å²) in [7, 11) is 0. The average molecular weight is 372 g/mol. The summed E-state index contributed by atoms with van der Waals surface area (Å²) in [5, 5.41) is 0. The Bertz CT molecular complexity index is 862. The summed E-state index contributed by atoms with van der Waals surface area (Å²) < 4.78 is 48.1. The number of hydrogen-bond acceptors (Lipinski definition) is 1. The molecular weight excluding hydrogens is 349 g/mol. The van der Waals surface area contributed by atoms with E-state index in [0.717, 1.165) is 31.2 Å². The fourth-order valence-corrected chi connectivity index (χ4v) is 4.22. The maximum absolute atomic E-state index is 14.5. The van der Waals surface area contributed by atoms with Gasteiger partial charge in [0.2, 0.25) is 0 Å². The average Bonchev–Trinajstić information content (AvgIpc) is 3.51. The molecule has 1 saturated heterocycles. The monoisotopic (exact) mass is 372 g/mol. The van der Waals surface area contributed by atoms with Gasteiger partial charge in [-0.25, -0.2) is 13.2 Å². The summed E-state index contributed by atoms with van der Waals surface area (Å²) in [6, 6.07) is 8.78. The van der Waals surface area contributed by atoms with E-state index in [1.807, 2.05) is 25.1 Å². The number of rotatable bonds is 4. The molecule has 2 aromatic rings. The molecule has 2 fully saturated rings. The van der Waals surface area contributed by atoms with Gasteiger partial charge in [0.1, 0.15) is 11.9 Å². The highest BCUT2D eigenvalue weighted by atomic mass is 19.2. The van der Waals surface area contributed by atoms with Crippen molar-refractivity contribution in [2.45, 2.75) is 50.5 Å². The lowest BCUT2D eigenvalue weighted by Gasteiger charge is -2.29. The molecule has 1 atom stereocenters. The summed E-state index contributed by atoms with van der Waals surface area (Å²) in [5.74, 6) is -1.43. The van der Waals surface area contributed by atoms with Crippen LogP contribution in [0.5, 0.6) is 0 Å². The van der Waals surface area contributed by atoms with Gasteiger partial charge < -0.3 is 4.74 Å². The van der Waals surface area contributed by atoms with Crippen LogP contribution in [0.15, 0.2) is 36.4 Å². The van der Waals surface area contributed by atoms with Crippen LogP contribution in [0.2, 0.25) is 0 Å². The third-order valence-electron chi connectivity index (χ3n) is 5.83. The first-order chi connectivity index (χ1) is 13.1. The predicted molar refractivity (Wildman–Crippen MR) is 100 cm³/mol. The van der Waals surface area contributed by atoms with Crippen LogP contribution in [0, 0.1) is 17.5 Å². The number of halogens is 3. The van der Waals surface area contributed by atoms with E-state index in [1.54, 1.807) is 24.3 Å². The van der Waals surface area contributed by atoms with Crippen molar-refractivity contribution in [3.8, 4) is 0 Å². The standard InChI is InChI=1S/C23H23F3O/c1-2-3-16-8-9-17(12-20(16)24)14-4-6-15(7-5-14)18-10-11-19(21-13-27-21)23(26)22(18)25/h2-3,8-12,14-15,21H,4-7,13H2,1H3/b3-2+. The lowest BCUT2D eigenvalue weighted by Crippen LogP contribution is -2.14. The second-order valence-electron chi connectivity index (χ2n) is 7.52. The van der Waals surface area contributed by atoms with Crippen LogP contribution in [-0.2, 0) is 4.74 Å². The quantitative estimate of drug-likeness (QED) is 0.547. The predicted octanol–water partition coefficient (Wildman–Crippen LogP) is 6.65. The Hall–Kier alpha value is -2.07. The second-order valence-corrected chi connectivity index (χ2v) is 7.52. The molecule has 2 aromatic carbocycles. The van der Waals surface area contributed by atoms with Crippen molar-refractivity contribution in [3.63, 3.8) is 0 Å². The van der Waals surface area contributed by atoms with Crippen molar-refractivity contribution in [1.82, 2.24) is 0 Å². The summed E-state index contributed by atoms with van der Waals surface area (Å²) in [5.41, 5.74) is 2.37. The highest BCUT2D eigenvalue weighted by molar-refractivity contribution is 5.50. The Morgan fingerprint density at radius 3 is 2.15 bits per heavy atom. The van der Waals surface area contributed by atoms with Crippen LogP contribution < -0.4 is 0 Å². The van der Waals surface area contributed by atoms with Gasteiger partial charge in [0.15, 0.2) is 11.6 Å². The largest absolute Gasteiger partial charge is 0.368 e. The maximum atomic E-state index is 14.5. The SMILES string of the molecule is C/C=C/c1ccc(C2CCC(c3ccc(C4CO4)c(F)c3F)CC2)cc1F.